The lowest BCUT2D eigenvalue weighted by Crippen LogP contribution is -2.46. The zero-order chi connectivity index (χ0) is 16.5. The van der Waals surface area contributed by atoms with Gasteiger partial charge in [-0.1, -0.05) is 11.6 Å². The molecule has 6 nitrogen and oxygen atoms in total. The second-order valence-electron chi connectivity index (χ2n) is 6.22. The Bertz CT molecular complexity index is 440. The molecule has 0 unspecified atom stereocenters. The van der Waals surface area contributed by atoms with Crippen molar-refractivity contribution < 1.29 is 9.53 Å². The molecular formula is C17H30N4O2. The number of guanidine groups is 1. The van der Waals surface area contributed by atoms with Crippen molar-refractivity contribution in [2.24, 2.45) is 10.9 Å². The Balaban J connectivity index is 1.70. The fourth-order valence-electron chi connectivity index (χ4n) is 3.17. The van der Waals surface area contributed by atoms with E-state index in [2.05, 4.69) is 26.6 Å². The van der Waals surface area contributed by atoms with Gasteiger partial charge in [0.2, 0.25) is 5.91 Å². The highest BCUT2D eigenvalue weighted by atomic mass is 16.5. The lowest BCUT2D eigenvalue weighted by atomic mass is 9.93. The third kappa shape index (κ3) is 5.86. The van der Waals surface area contributed by atoms with Gasteiger partial charge >= 0.3 is 0 Å². The molecule has 2 aliphatic rings. The molecule has 2 N–H and O–H groups in total. The summed E-state index contributed by atoms with van der Waals surface area (Å²) in [6.45, 7) is 4.45. The van der Waals surface area contributed by atoms with E-state index in [0.29, 0.717) is 12.3 Å². The van der Waals surface area contributed by atoms with E-state index in [4.69, 9.17) is 4.74 Å². The first-order chi connectivity index (χ1) is 11.2. The third-order valence-electron chi connectivity index (χ3n) is 4.67. The highest BCUT2D eigenvalue weighted by Crippen LogP contribution is 2.20. The number of carbonyl (C=O) groups is 1. The van der Waals surface area contributed by atoms with Crippen molar-refractivity contribution in [3.63, 3.8) is 0 Å². The van der Waals surface area contributed by atoms with Gasteiger partial charge in [-0.2, -0.15) is 0 Å². The number of rotatable bonds is 5. The zero-order valence-electron chi connectivity index (χ0n) is 14.4. The number of nitrogens with zero attached hydrogens (tertiary/aromatic N) is 2. The van der Waals surface area contributed by atoms with Crippen LogP contribution in [0.15, 0.2) is 16.6 Å². The smallest absolute Gasteiger partial charge is 0.220 e. The second kappa shape index (κ2) is 9.55. The normalized spacial score (nSPS) is 20.2. The number of likely N-dealkylation sites (tertiary alicyclic amines) is 1. The molecule has 0 aromatic rings. The molecule has 0 atom stereocenters. The molecule has 6 heteroatoms. The van der Waals surface area contributed by atoms with Crippen LogP contribution in [-0.4, -0.2) is 63.7 Å². The van der Waals surface area contributed by atoms with E-state index in [1.165, 1.54) is 5.57 Å². The van der Waals surface area contributed by atoms with E-state index < -0.39 is 0 Å². The van der Waals surface area contributed by atoms with Gasteiger partial charge in [0.15, 0.2) is 5.96 Å². The Morgan fingerprint density at radius 2 is 2.22 bits per heavy atom. The minimum atomic E-state index is 0.149. The topological polar surface area (TPSA) is 66.0 Å². The second-order valence-corrected chi connectivity index (χ2v) is 6.22. The van der Waals surface area contributed by atoms with Gasteiger partial charge < -0.3 is 20.3 Å². The lowest BCUT2D eigenvalue weighted by molar-refractivity contribution is -0.121. The predicted octanol–water partition coefficient (Wildman–Crippen LogP) is 1.15. The quantitative estimate of drug-likeness (QED) is 0.453. The molecule has 0 aromatic heterocycles. The molecule has 23 heavy (non-hydrogen) atoms. The number of hydrogen-bond donors (Lipinski definition) is 2. The summed E-state index contributed by atoms with van der Waals surface area (Å²) in [4.78, 5) is 18.2. The lowest BCUT2D eigenvalue weighted by Gasteiger charge is -2.34. The van der Waals surface area contributed by atoms with Crippen molar-refractivity contribution in [2.45, 2.75) is 32.1 Å². The van der Waals surface area contributed by atoms with Crippen molar-refractivity contribution in [2.75, 3.05) is 46.9 Å². The van der Waals surface area contributed by atoms with Crippen LogP contribution in [-0.2, 0) is 9.53 Å². The molecule has 0 aromatic carbocycles. The summed E-state index contributed by atoms with van der Waals surface area (Å²) in [6.07, 6.45) is 7.04. The maximum Gasteiger partial charge on any atom is 0.220 e. The highest BCUT2D eigenvalue weighted by Gasteiger charge is 2.22. The van der Waals surface area contributed by atoms with Gasteiger partial charge in [-0.25, -0.2) is 0 Å². The Morgan fingerprint density at radius 1 is 1.43 bits per heavy atom. The summed E-state index contributed by atoms with van der Waals surface area (Å²) in [7, 11) is 3.55. The Labute approximate surface area is 139 Å². The van der Waals surface area contributed by atoms with Crippen molar-refractivity contribution in [3.05, 3.63) is 11.6 Å². The van der Waals surface area contributed by atoms with Gasteiger partial charge in [-0.05, 0) is 31.6 Å². The van der Waals surface area contributed by atoms with E-state index >= 15 is 0 Å². The van der Waals surface area contributed by atoms with Gasteiger partial charge in [0.1, 0.15) is 0 Å². The summed E-state index contributed by atoms with van der Waals surface area (Å²) in [5.74, 6) is 1.63. The van der Waals surface area contributed by atoms with Crippen LogP contribution < -0.4 is 10.6 Å². The van der Waals surface area contributed by atoms with Crippen LogP contribution in [0.3, 0.4) is 0 Å². The Kier molecular flexibility index (Phi) is 7.39. The van der Waals surface area contributed by atoms with Crippen LogP contribution in [0.5, 0.6) is 0 Å². The minimum Gasteiger partial charge on any atom is -0.377 e. The van der Waals surface area contributed by atoms with E-state index in [9.17, 15) is 4.79 Å². The number of amides is 1. The molecule has 2 heterocycles. The number of nitrogens with one attached hydrogen (secondary N) is 2. The SMILES string of the molecule is CN=C(NCCC1=CCOCC1)N1CCC(CC(=O)NC)CC1. The zero-order valence-corrected chi connectivity index (χ0v) is 14.4. The average Bonchev–Trinajstić information content (AvgIpc) is 2.60. The van der Waals surface area contributed by atoms with Crippen molar-refractivity contribution in [3.8, 4) is 0 Å². The molecule has 0 spiro atoms. The van der Waals surface area contributed by atoms with Crippen molar-refractivity contribution >= 4 is 11.9 Å². The number of piperidine rings is 1. The summed E-state index contributed by atoms with van der Waals surface area (Å²) in [5, 5.41) is 6.18. The van der Waals surface area contributed by atoms with Crippen molar-refractivity contribution in [1.29, 1.82) is 0 Å². The molecule has 2 aliphatic heterocycles. The van der Waals surface area contributed by atoms with E-state index in [-0.39, 0.29) is 5.91 Å². The van der Waals surface area contributed by atoms with E-state index in [0.717, 1.165) is 64.5 Å². The standard InChI is InChI=1S/C17H30N4O2/c1-18-16(22)13-15-4-9-21(10-5-15)17(19-2)20-8-3-14-6-11-23-12-7-14/h6,15H,3-5,7-13H2,1-2H3,(H,18,22)(H,19,20). The fraction of sp³-hybridized carbons (Fsp3) is 0.765. The van der Waals surface area contributed by atoms with Crippen LogP contribution in [0.2, 0.25) is 0 Å². The average molecular weight is 322 g/mol. The minimum absolute atomic E-state index is 0.149. The van der Waals surface area contributed by atoms with E-state index in [1.54, 1.807) is 7.05 Å². The Hall–Kier alpha value is -1.56. The largest absolute Gasteiger partial charge is 0.377 e. The molecule has 1 fully saturated rings. The monoisotopic (exact) mass is 322 g/mol. The molecular weight excluding hydrogens is 292 g/mol. The van der Waals surface area contributed by atoms with Gasteiger partial charge in [-0.3, -0.25) is 9.79 Å². The first kappa shape index (κ1) is 17.8. The summed E-state index contributed by atoms with van der Waals surface area (Å²) in [5.41, 5.74) is 1.48. The van der Waals surface area contributed by atoms with Gasteiger partial charge in [0, 0.05) is 40.2 Å². The van der Waals surface area contributed by atoms with Crippen LogP contribution in [0, 0.1) is 5.92 Å². The maximum atomic E-state index is 11.5. The number of ether oxygens (including phenoxy) is 1. The third-order valence-corrected chi connectivity index (χ3v) is 4.67. The van der Waals surface area contributed by atoms with E-state index in [1.807, 2.05) is 7.05 Å². The maximum absolute atomic E-state index is 11.5. The van der Waals surface area contributed by atoms with Crippen LogP contribution in [0.4, 0.5) is 0 Å². The van der Waals surface area contributed by atoms with Crippen molar-refractivity contribution in [1.82, 2.24) is 15.5 Å². The molecule has 0 aliphatic carbocycles. The van der Waals surface area contributed by atoms with Gasteiger partial charge in [-0.15, -0.1) is 0 Å². The molecule has 1 saturated heterocycles. The number of aliphatic imine (C=N–C) groups is 1. The number of hydrogen-bond acceptors (Lipinski definition) is 3. The van der Waals surface area contributed by atoms with Crippen LogP contribution in [0.25, 0.3) is 0 Å². The summed E-state index contributed by atoms with van der Waals surface area (Å²) >= 11 is 0. The first-order valence-corrected chi connectivity index (χ1v) is 8.64. The summed E-state index contributed by atoms with van der Waals surface area (Å²) in [6, 6.07) is 0. The fourth-order valence-corrected chi connectivity index (χ4v) is 3.17. The molecule has 1 amide bonds. The highest BCUT2D eigenvalue weighted by molar-refractivity contribution is 5.80. The Morgan fingerprint density at radius 3 is 2.83 bits per heavy atom. The first-order valence-electron chi connectivity index (χ1n) is 8.64. The van der Waals surface area contributed by atoms with Gasteiger partial charge in [0.05, 0.1) is 13.2 Å². The molecule has 0 bridgehead atoms. The predicted molar refractivity (Wildman–Crippen MR) is 92.5 cm³/mol. The molecule has 2 rings (SSSR count). The molecule has 0 radical (unpaired) electrons. The molecule has 130 valence electrons. The summed E-state index contributed by atoms with van der Waals surface area (Å²) < 4.78 is 5.33. The van der Waals surface area contributed by atoms with Crippen LogP contribution in [0.1, 0.15) is 32.1 Å². The molecule has 0 saturated carbocycles. The van der Waals surface area contributed by atoms with Crippen LogP contribution >= 0.6 is 0 Å². The van der Waals surface area contributed by atoms with Gasteiger partial charge in [0.25, 0.3) is 0 Å². The number of carbonyl (C=O) groups excluding carboxylic acids is 1.